The van der Waals surface area contributed by atoms with Crippen LogP contribution in [0.3, 0.4) is 0 Å². The number of hydrogen-bond donors (Lipinski definition) is 0. The van der Waals surface area contributed by atoms with Crippen LogP contribution in [0.4, 0.5) is 0 Å². The Labute approximate surface area is 142 Å². The highest BCUT2D eigenvalue weighted by Crippen LogP contribution is 2.37. The van der Waals surface area contributed by atoms with E-state index in [0.717, 1.165) is 37.9 Å². The molecule has 1 nitrogen and oxygen atoms in total. The number of rotatable bonds is 9. The molecule has 0 aliphatic heterocycles. The van der Waals surface area contributed by atoms with Gasteiger partial charge in [-0.1, -0.05) is 42.5 Å². The molecule has 1 fully saturated rings. The second kappa shape index (κ2) is 10.4. The molecule has 1 aliphatic rings. The van der Waals surface area contributed by atoms with E-state index in [1.165, 1.54) is 43.2 Å². The van der Waals surface area contributed by atoms with Gasteiger partial charge < -0.3 is 4.74 Å². The van der Waals surface area contributed by atoms with Crippen molar-refractivity contribution in [1.82, 2.24) is 0 Å². The first-order valence-corrected chi connectivity index (χ1v) is 9.22. The highest BCUT2D eigenvalue weighted by molar-refractivity contribution is 5.25. The SMILES string of the molecule is C=CCCCOCc1ccc(C2CCC(C/C=C/C)CC2)cc1. The van der Waals surface area contributed by atoms with Crippen molar-refractivity contribution < 1.29 is 4.74 Å². The molecule has 2 rings (SSSR count). The molecule has 0 radical (unpaired) electrons. The summed E-state index contributed by atoms with van der Waals surface area (Å²) in [5.74, 6) is 1.67. The van der Waals surface area contributed by atoms with Gasteiger partial charge in [0.25, 0.3) is 0 Å². The molecule has 0 N–H and O–H groups in total. The van der Waals surface area contributed by atoms with Crippen molar-refractivity contribution in [3.8, 4) is 0 Å². The average molecular weight is 312 g/mol. The third-order valence-electron chi connectivity index (χ3n) is 4.97. The van der Waals surface area contributed by atoms with E-state index >= 15 is 0 Å². The molecule has 0 bridgehead atoms. The van der Waals surface area contributed by atoms with Crippen molar-refractivity contribution in [2.24, 2.45) is 5.92 Å². The molecule has 1 aromatic carbocycles. The second-order valence-electron chi connectivity index (χ2n) is 6.75. The van der Waals surface area contributed by atoms with Crippen LogP contribution in [0.5, 0.6) is 0 Å². The molecule has 1 aromatic rings. The van der Waals surface area contributed by atoms with Crippen molar-refractivity contribution in [1.29, 1.82) is 0 Å². The minimum atomic E-state index is 0.730. The summed E-state index contributed by atoms with van der Waals surface area (Å²) in [4.78, 5) is 0. The Kier molecular flexibility index (Phi) is 8.17. The summed E-state index contributed by atoms with van der Waals surface area (Å²) in [7, 11) is 0. The number of benzene rings is 1. The molecular weight excluding hydrogens is 280 g/mol. The summed E-state index contributed by atoms with van der Waals surface area (Å²) < 4.78 is 5.70. The number of unbranched alkanes of at least 4 members (excludes halogenated alkanes) is 1. The molecule has 1 aliphatic carbocycles. The van der Waals surface area contributed by atoms with Crippen LogP contribution in [0.15, 0.2) is 49.1 Å². The Hall–Kier alpha value is -1.34. The molecule has 0 atom stereocenters. The second-order valence-corrected chi connectivity index (χ2v) is 6.75. The third kappa shape index (κ3) is 6.35. The maximum atomic E-state index is 5.70. The van der Waals surface area contributed by atoms with Crippen LogP contribution < -0.4 is 0 Å². The van der Waals surface area contributed by atoms with Crippen molar-refractivity contribution in [2.45, 2.75) is 64.4 Å². The molecule has 0 amide bonds. The smallest absolute Gasteiger partial charge is 0.0716 e. The predicted molar refractivity (Wildman–Crippen MR) is 99.7 cm³/mol. The van der Waals surface area contributed by atoms with E-state index in [0.29, 0.717) is 0 Å². The topological polar surface area (TPSA) is 9.23 Å². The Morgan fingerprint density at radius 3 is 2.52 bits per heavy atom. The Morgan fingerprint density at radius 2 is 1.87 bits per heavy atom. The van der Waals surface area contributed by atoms with Gasteiger partial charge in [-0.3, -0.25) is 0 Å². The fraction of sp³-hybridized carbons (Fsp3) is 0.545. The Morgan fingerprint density at radius 1 is 1.13 bits per heavy atom. The van der Waals surface area contributed by atoms with Crippen LogP contribution in [0.1, 0.15) is 68.9 Å². The van der Waals surface area contributed by atoms with Gasteiger partial charge >= 0.3 is 0 Å². The molecule has 0 unspecified atom stereocenters. The molecule has 0 aromatic heterocycles. The zero-order valence-corrected chi connectivity index (χ0v) is 14.7. The van der Waals surface area contributed by atoms with Gasteiger partial charge in [-0.15, -0.1) is 6.58 Å². The summed E-state index contributed by atoms with van der Waals surface area (Å²) in [5.41, 5.74) is 2.80. The first kappa shape index (κ1) is 18.0. The number of ether oxygens (including phenoxy) is 1. The fourth-order valence-electron chi connectivity index (χ4n) is 3.47. The maximum Gasteiger partial charge on any atom is 0.0716 e. The third-order valence-corrected chi connectivity index (χ3v) is 4.97. The van der Waals surface area contributed by atoms with Crippen LogP contribution in [-0.2, 0) is 11.3 Å². The minimum absolute atomic E-state index is 0.730. The van der Waals surface area contributed by atoms with Crippen molar-refractivity contribution in [3.63, 3.8) is 0 Å². The monoisotopic (exact) mass is 312 g/mol. The van der Waals surface area contributed by atoms with Gasteiger partial charge in [0.15, 0.2) is 0 Å². The quantitative estimate of drug-likeness (QED) is 0.378. The van der Waals surface area contributed by atoms with Crippen LogP contribution >= 0.6 is 0 Å². The lowest BCUT2D eigenvalue weighted by Crippen LogP contribution is -2.12. The van der Waals surface area contributed by atoms with Crippen LogP contribution in [0.2, 0.25) is 0 Å². The Bertz CT molecular complexity index is 463. The van der Waals surface area contributed by atoms with Crippen LogP contribution in [0, 0.1) is 5.92 Å². The lowest BCUT2D eigenvalue weighted by molar-refractivity contribution is 0.119. The number of hydrogen-bond acceptors (Lipinski definition) is 1. The van der Waals surface area contributed by atoms with E-state index in [9.17, 15) is 0 Å². The van der Waals surface area contributed by atoms with Crippen molar-refractivity contribution in [3.05, 3.63) is 60.2 Å². The minimum Gasteiger partial charge on any atom is -0.377 e. The zero-order chi connectivity index (χ0) is 16.3. The van der Waals surface area contributed by atoms with Crippen molar-refractivity contribution >= 4 is 0 Å². The summed E-state index contributed by atoms with van der Waals surface area (Å²) in [6.07, 6.45) is 15.3. The van der Waals surface area contributed by atoms with Gasteiger partial charge in [-0.25, -0.2) is 0 Å². The van der Waals surface area contributed by atoms with Gasteiger partial charge in [0.05, 0.1) is 6.61 Å². The first-order valence-electron chi connectivity index (χ1n) is 9.22. The first-order chi connectivity index (χ1) is 11.3. The van der Waals surface area contributed by atoms with Crippen LogP contribution in [-0.4, -0.2) is 6.61 Å². The molecule has 0 spiro atoms. The molecule has 126 valence electrons. The largest absolute Gasteiger partial charge is 0.377 e. The highest BCUT2D eigenvalue weighted by Gasteiger charge is 2.21. The van der Waals surface area contributed by atoms with E-state index in [2.05, 4.69) is 49.9 Å². The lowest BCUT2D eigenvalue weighted by Gasteiger charge is -2.28. The van der Waals surface area contributed by atoms with E-state index < -0.39 is 0 Å². The molecule has 23 heavy (non-hydrogen) atoms. The fourth-order valence-corrected chi connectivity index (χ4v) is 3.47. The summed E-state index contributed by atoms with van der Waals surface area (Å²) >= 11 is 0. The van der Waals surface area contributed by atoms with Gasteiger partial charge in [0.1, 0.15) is 0 Å². The average Bonchev–Trinajstić information content (AvgIpc) is 2.61. The summed E-state index contributed by atoms with van der Waals surface area (Å²) in [5, 5.41) is 0. The van der Waals surface area contributed by atoms with E-state index in [4.69, 9.17) is 4.74 Å². The standard InChI is InChI=1S/C22H32O/c1-3-5-7-17-23-18-20-11-15-22(16-12-20)21-13-9-19(10-14-21)8-6-4-2/h3-4,6,11-12,15-16,19,21H,1,5,7-10,13-14,17-18H2,2H3/b6-4+. The normalized spacial score (nSPS) is 21.6. The van der Waals surface area contributed by atoms with Gasteiger partial charge in [-0.2, -0.15) is 0 Å². The molecule has 0 saturated heterocycles. The summed E-state index contributed by atoms with van der Waals surface area (Å²) in [6, 6.07) is 9.13. The predicted octanol–water partition coefficient (Wildman–Crippen LogP) is 6.41. The number of allylic oxidation sites excluding steroid dienone is 3. The molecule has 0 heterocycles. The molecule has 1 saturated carbocycles. The highest BCUT2D eigenvalue weighted by atomic mass is 16.5. The maximum absolute atomic E-state index is 5.70. The van der Waals surface area contributed by atoms with E-state index in [1.54, 1.807) is 0 Å². The van der Waals surface area contributed by atoms with Gasteiger partial charge in [0.2, 0.25) is 0 Å². The van der Waals surface area contributed by atoms with E-state index in [1.807, 2.05) is 6.08 Å². The zero-order valence-electron chi connectivity index (χ0n) is 14.7. The van der Waals surface area contributed by atoms with Crippen LogP contribution in [0.25, 0.3) is 0 Å². The molecular formula is C22H32O. The van der Waals surface area contributed by atoms with E-state index in [-0.39, 0.29) is 0 Å². The lowest BCUT2D eigenvalue weighted by atomic mass is 9.77. The van der Waals surface area contributed by atoms with Gasteiger partial charge in [0, 0.05) is 6.61 Å². The Balaban J connectivity index is 1.73. The molecule has 1 heteroatoms. The van der Waals surface area contributed by atoms with Gasteiger partial charge in [-0.05, 0) is 74.8 Å². The van der Waals surface area contributed by atoms with Crippen molar-refractivity contribution in [2.75, 3.05) is 6.61 Å². The summed E-state index contributed by atoms with van der Waals surface area (Å²) in [6.45, 7) is 7.41.